The number of likely N-dealkylation sites (tertiary alicyclic amines) is 1. The lowest BCUT2D eigenvalue weighted by Crippen LogP contribution is -2.59. The smallest absolute Gasteiger partial charge is 0.189 e. The number of rotatable bonds is 1. The first-order valence-corrected chi connectivity index (χ1v) is 11.5. The van der Waals surface area contributed by atoms with E-state index in [9.17, 15) is 9.59 Å². The van der Waals surface area contributed by atoms with Crippen LogP contribution in [-0.4, -0.2) is 30.1 Å². The third kappa shape index (κ3) is 2.02. The van der Waals surface area contributed by atoms with Gasteiger partial charge in [0.05, 0.1) is 11.7 Å². The lowest BCUT2D eigenvalue weighted by molar-refractivity contribution is 0.0254. The van der Waals surface area contributed by atoms with Gasteiger partial charge in [0, 0.05) is 23.6 Å². The van der Waals surface area contributed by atoms with Gasteiger partial charge in [-0.15, -0.1) is 0 Å². The van der Waals surface area contributed by atoms with Crippen molar-refractivity contribution in [3.8, 4) is 0 Å². The van der Waals surface area contributed by atoms with Gasteiger partial charge in [-0.05, 0) is 53.9 Å². The highest BCUT2D eigenvalue weighted by Gasteiger charge is 2.74. The topological polar surface area (TPSA) is 50.5 Å². The van der Waals surface area contributed by atoms with Crippen LogP contribution in [0.3, 0.4) is 0 Å². The molecule has 1 aromatic heterocycles. The Kier molecular flexibility index (Phi) is 3.63. The van der Waals surface area contributed by atoms with Crippen LogP contribution in [0.25, 0.3) is 10.8 Å². The van der Waals surface area contributed by atoms with E-state index >= 15 is 0 Å². The molecule has 4 aromatic rings. The average Bonchev–Trinajstić information content (AvgIpc) is 3.52. The molecular weight excluding hydrogens is 410 g/mol. The predicted molar refractivity (Wildman–Crippen MR) is 126 cm³/mol. The molecule has 7 rings (SSSR count). The first kappa shape index (κ1) is 19.0. The predicted octanol–water partition coefficient (Wildman–Crippen LogP) is 5.37. The molecule has 4 nitrogen and oxygen atoms in total. The molecule has 1 saturated heterocycles. The number of carbonyl (C=O) groups is 2. The summed E-state index contributed by atoms with van der Waals surface area (Å²) >= 11 is 0. The summed E-state index contributed by atoms with van der Waals surface area (Å²) in [6, 6.07) is 23.8. The Morgan fingerprint density at radius 2 is 1.67 bits per heavy atom. The van der Waals surface area contributed by atoms with Gasteiger partial charge in [-0.1, -0.05) is 60.7 Å². The van der Waals surface area contributed by atoms with Crippen LogP contribution in [0.1, 0.15) is 49.9 Å². The first-order valence-electron chi connectivity index (χ1n) is 11.5. The lowest BCUT2D eigenvalue weighted by Gasteiger charge is -2.48. The van der Waals surface area contributed by atoms with Crippen molar-refractivity contribution in [2.24, 2.45) is 5.41 Å². The first-order chi connectivity index (χ1) is 16.1. The van der Waals surface area contributed by atoms with Crippen LogP contribution in [0.15, 0.2) is 83.5 Å². The number of ketones is 2. The summed E-state index contributed by atoms with van der Waals surface area (Å²) in [6.07, 6.45) is 3.03. The zero-order valence-electron chi connectivity index (χ0n) is 18.4. The van der Waals surface area contributed by atoms with Gasteiger partial charge in [-0.25, -0.2) is 0 Å². The van der Waals surface area contributed by atoms with Crippen LogP contribution in [0.4, 0.5) is 0 Å². The molecule has 4 heteroatoms. The quantitative estimate of drug-likeness (QED) is 0.405. The number of furan rings is 1. The normalized spacial score (nSPS) is 28.3. The maximum atomic E-state index is 14.6. The van der Waals surface area contributed by atoms with Crippen molar-refractivity contribution in [2.75, 3.05) is 13.6 Å². The largest absolute Gasteiger partial charge is 0.469 e. The second-order valence-corrected chi connectivity index (χ2v) is 9.65. The van der Waals surface area contributed by atoms with E-state index in [2.05, 4.69) is 23.1 Å². The van der Waals surface area contributed by atoms with Crippen molar-refractivity contribution in [1.29, 1.82) is 0 Å². The van der Waals surface area contributed by atoms with Crippen LogP contribution >= 0.6 is 0 Å². The monoisotopic (exact) mass is 433 g/mol. The standard InChI is InChI=1S/C29H23NO3/c1-30-17-23(24-13-6-16-33-24)28(15-14-18-7-2-3-10-20(18)26(28)31)29(30)22-12-5-9-19-8-4-11-21(25(19)22)27(29)32/h2-13,16,23H,14-15,17H2,1H3/t23-,28+,29+/m1/s1. The summed E-state index contributed by atoms with van der Waals surface area (Å²) in [7, 11) is 2.00. The molecule has 0 N–H and O–H groups in total. The molecule has 162 valence electrons. The zero-order chi connectivity index (χ0) is 22.4. The maximum absolute atomic E-state index is 14.6. The lowest BCUT2D eigenvalue weighted by atomic mass is 9.53. The Morgan fingerprint density at radius 3 is 2.48 bits per heavy atom. The summed E-state index contributed by atoms with van der Waals surface area (Å²) in [5.74, 6) is 0.668. The van der Waals surface area contributed by atoms with Crippen molar-refractivity contribution >= 4 is 22.3 Å². The molecule has 2 aliphatic carbocycles. The molecule has 33 heavy (non-hydrogen) atoms. The van der Waals surface area contributed by atoms with E-state index in [0.717, 1.165) is 45.2 Å². The molecule has 0 amide bonds. The summed E-state index contributed by atoms with van der Waals surface area (Å²) in [5.41, 5.74) is 1.49. The molecule has 3 aliphatic rings. The highest BCUT2D eigenvalue weighted by Crippen LogP contribution is 2.67. The van der Waals surface area contributed by atoms with Gasteiger partial charge in [-0.2, -0.15) is 0 Å². The number of Topliss-reactive ketones (excluding diaryl/α,β-unsaturated/α-hetero) is 2. The fourth-order valence-corrected chi connectivity index (χ4v) is 7.28. The van der Waals surface area contributed by atoms with E-state index in [1.165, 1.54) is 0 Å². The minimum absolute atomic E-state index is 0.0404. The number of hydrogen-bond acceptors (Lipinski definition) is 4. The summed E-state index contributed by atoms with van der Waals surface area (Å²) in [5, 5.41) is 2.03. The van der Waals surface area contributed by atoms with E-state index in [4.69, 9.17) is 4.42 Å². The third-order valence-electron chi connectivity index (χ3n) is 8.48. The third-order valence-corrected chi connectivity index (χ3v) is 8.48. The van der Waals surface area contributed by atoms with Crippen molar-refractivity contribution in [2.45, 2.75) is 24.3 Å². The van der Waals surface area contributed by atoms with Crippen LogP contribution < -0.4 is 0 Å². The number of likely N-dealkylation sites (N-methyl/N-ethyl adjacent to an activating group) is 1. The number of nitrogens with zero attached hydrogens (tertiary/aromatic N) is 1. The van der Waals surface area contributed by atoms with Crippen LogP contribution in [0, 0.1) is 5.41 Å². The molecule has 0 saturated carbocycles. The Morgan fingerprint density at radius 1 is 0.879 bits per heavy atom. The van der Waals surface area contributed by atoms with Crippen molar-refractivity contribution in [3.05, 3.63) is 107 Å². The fourth-order valence-electron chi connectivity index (χ4n) is 7.28. The fraction of sp³-hybridized carbons (Fsp3) is 0.241. The number of benzene rings is 3. The Hall–Kier alpha value is -3.50. The van der Waals surface area contributed by atoms with Gasteiger partial charge in [0.25, 0.3) is 0 Å². The molecule has 0 bridgehead atoms. The van der Waals surface area contributed by atoms with E-state index in [0.29, 0.717) is 13.0 Å². The average molecular weight is 434 g/mol. The van der Waals surface area contributed by atoms with E-state index in [1.54, 1.807) is 6.26 Å². The summed E-state index contributed by atoms with van der Waals surface area (Å²) in [6.45, 7) is 0.581. The maximum Gasteiger partial charge on any atom is 0.189 e. The van der Waals surface area contributed by atoms with Gasteiger partial charge in [0.15, 0.2) is 11.6 Å². The van der Waals surface area contributed by atoms with Crippen molar-refractivity contribution in [3.63, 3.8) is 0 Å². The molecule has 1 aliphatic heterocycles. The molecular formula is C29H23NO3. The Bertz CT molecular complexity index is 1460. The van der Waals surface area contributed by atoms with Crippen LogP contribution in [0.2, 0.25) is 0 Å². The van der Waals surface area contributed by atoms with Gasteiger partial charge in [0.2, 0.25) is 0 Å². The molecule has 2 spiro atoms. The number of hydrogen-bond donors (Lipinski definition) is 0. The van der Waals surface area contributed by atoms with E-state index in [1.807, 2.05) is 61.6 Å². The van der Waals surface area contributed by atoms with Crippen molar-refractivity contribution in [1.82, 2.24) is 4.90 Å². The van der Waals surface area contributed by atoms with Crippen molar-refractivity contribution < 1.29 is 14.0 Å². The van der Waals surface area contributed by atoms with E-state index in [-0.39, 0.29) is 17.5 Å². The zero-order valence-corrected chi connectivity index (χ0v) is 18.4. The van der Waals surface area contributed by atoms with Gasteiger partial charge < -0.3 is 4.42 Å². The second-order valence-electron chi connectivity index (χ2n) is 9.65. The SMILES string of the molecule is CN1C[C@H](c2ccco2)[C@]2(CCc3ccccc3C2=O)[C@]12C(=O)c1cccc3cccc2c13. The summed E-state index contributed by atoms with van der Waals surface area (Å²) in [4.78, 5) is 31.3. The molecule has 2 heterocycles. The van der Waals surface area contributed by atoms with Gasteiger partial charge in [-0.3, -0.25) is 14.5 Å². The minimum atomic E-state index is -1.06. The van der Waals surface area contributed by atoms with E-state index < -0.39 is 11.0 Å². The summed E-state index contributed by atoms with van der Waals surface area (Å²) < 4.78 is 5.93. The molecule has 1 fully saturated rings. The highest BCUT2D eigenvalue weighted by atomic mass is 16.3. The highest BCUT2D eigenvalue weighted by molar-refractivity contribution is 6.24. The van der Waals surface area contributed by atoms with Crippen LogP contribution in [0.5, 0.6) is 0 Å². The molecule has 3 aromatic carbocycles. The van der Waals surface area contributed by atoms with Gasteiger partial charge in [0.1, 0.15) is 11.3 Å². The number of aryl methyl sites for hydroxylation is 1. The second kappa shape index (κ2) is 6.30. The molecule has 0 unspecified atom stereocenters. The minimum Gasteiger partial charge on any atom is -0.469 e. The molecule has 0 radical (unpaired) electrons. The number of carbonyl (C=O) groups excluding carboxylic acids is 2. The van der Waals surface area contributed by atoms with Gasteiger partial charge >= 0.3 is 0 Å². The molecule has 3 atom stereocenters. The Balaban J connectivity index is 1.60. The van der Waals surface area contributed by atoms with Crippen LogP contribution in [-0.2, 0) is 12.0 Å². The Labute approximate surface area is 191 Å². The number of fused-ring (bicyclic) bond motifs is 3.